The Labute approximate surface area is 167 Å². The fourth-order valence-corrected chi connectivity index (χ4v) is 8.42. The van der Waals surface area contributed by atoms with Crippen LogP contribution >= 0.6 is 0 Å². The lowest BCUT2D eigenvalue weighted by molar-refractivity contribution is -0.242. The van der Waals surface area contributed by atoms with Gasteiger partial charge in [0.2, 0.25) is 0 Å². The first kappa shape index (κ1) is 19.1. The summed E-state index contributed by atoms with van der Waals surface area (Å²) < 4.78 is 5.17. The number of aliphatic hydroxyl groups is 2. The third kappa shape index (κ3) is 2.27. The average molecular weight is 390 g/mol. The molecular formula is C23H35NO4. The van der Waals surface area contributed by atoms with Gasteiger partial charge in [-0.3, -0.25) is 0 Å². The lowest BCUT2D eigenvalue weighted by Gasteiger charge is -2.65. The van der Waals surface area contributed by atoms with Crippen molar-refractivity contribution in [3.63, 3.8) is 0 Å². The molecule has 0 saturated heterocycles. The second-order valence-electron chi connectivity index (χ2n) is 10.9. The molecule has 1 heterocycles. The van der Waals surface area contributed by atoms with Crippen LogP contribution in [0.25, 0.3) is 0 Å². The molecule has 4 aliphatic carbocycles. The molecule has 4 fully saturated rings. The minimum atomic E-state index is -0.875. The topological polar surface area (TPSA) is 92.8 Å². The number of hydrogen-bond donors (Lipinski definition) is 3. The van der Waals surface area contributed by atoms with Gasteiger partial charge < -0.3 is 20.7 Å². The van der Waals surface area contributed by atoms with E-state index in [1.807, 2.05) is 0 Å². The molecule has 28 heavy (non-hydrogen) atoms. The summed E-state index contributed by atoms with van der Waals surface area (Å²) in [5, 5.41) is 23.6. The van der Waals surface area contributed by atoms with Gasteiger partial charge in [0, 0.05) is 17.5 Å². The van der Waals surface area contributed by atoms with Gasteiger partial charge in [0.05, 0.1) is 11.7 Å². The van der Waals surface area contributed by atoms with Gasteiger partial charge in [0.25, 0.3) is 0 Å². The molecule has 0 aromatic carbocycles. The average Bonchev–Trinajstić information content (AvgIpc) is 3.19. The fraction of sp³-hybridized carbons (Fsp3) is 0.870. The zero-order chi connectivity index (χ0) is 19.9. The van der Waals surface area contributed by atoms with Gasteiger partial charge in [0.1, 0.15) is 6.61 Å². The molecule has 5 aliphatic rings. The third-order valence-corrected chi connectivity index (χ3v) is 10.1. The third-order valence-electron chi connectivity index (χ3n) is 10.1. The monoisotopic (exact) mass is 389 g/mol. The number of carbonyl (C=O) groups excluding carboxylic acids is 1. The lowest BCUT2D eigenvalue weighted by atomic mass is 9.42. The van der Waals surface area contributed by atoms with E-state index in [1.165, 1.54) is 0 Å². The second kappa shape index (κ2) is 6.05. The summed E-state index contributed by atoms with van der Waals surface area (Å²) in [4.78, 5) is 11.7. The Balaban J connectivity index is 1.51. The smallest absolute Gasteiger partial charge is 0.331 e. The van der Waals surface area contributed by atoms with Crippen molar-refractivity contribution in [1.82, 2.24) is 0 Å². The highest BCUT2D eigenvalue weighted by Gasteiger charge is 2.70. The van der Waals surface area contributed by atoms with Crippen molar-refractivity contribution in [2.24, 2.45) is 40.2 Å². The van der Waals surface area contributed by atoms with Crippen LogP contribution in [0, 0.1) is 34.5 Å². The lowest BCUT2D eigenvalue weighted by Crippen LogP contribution is -2.67. The standard InChI is InChI=1S/C23H35NO4/c1-21-7-5-15(24)10-14(21)3-4-17-18(21)11-19(25)22(2)16(6-8-23(17,22)27)13-9-20(26)28-12-13/h9,14-19,25,27H,3-8,10-12,24H2,1-2H3/t14-,15+,16-,17-,18+,19-,21+,22+,23+/m1/s1. The van der Waals surface area contributed by atoms with Crippen LogP contribution in [-0.2, 0) is 9.53 Å². The van der Waals surface area contributed by atoms with Crippen molar-refractivity contribution in [1.29, 1.82) is 0 Å². The summed E-state index contributed by atoms with van der Waals surface area (Å²) in [5.74, 6) is 0.911. The number of ether oxygens (including phenoxy) is 1. The van der Waals surface area contributed by atoms with Gasteiger partial charge >= 0.3 is 5.97 Å². The van der Waals surface area contributed by atoms with Crippen LogP contribution < -0.4 is 5.73 Å². The molecule has 0 radical (unpaired) electrons. The first-order valence-corrected chi connectivity index (χ1v) is 11.2. The molecule has 5 rings (SSSR count). The minimum Gasteiger partial charge on any atom is -0.458 e. The maximum Gasteiger partial charge on any atom is 0.331 e. The first-order chi connectivity index (χ1) is 13.2. The summed E-state index contributed by atoms with van der Waals surface area (Å²) in [6, 6.07) is 0.305. The molecule has 0 aromatic heterocycles. The predicted octanol–water partition coefficient (Wildman–Crippen LogP) is 2.54. The Morgan fingerprint density at radius 2 is 1.89 bits per heavy atom. The van der Waals surface area contributed by atoms with E-state index in [9.17, 15) is 15.0 Å². The van der Waals surface area contributed by atoms with Gasteiger partial charge in [-0.1, -0.05) is 13.8 Å². The van der Waals surface area contributed by atoms with Crippen molar-refractivity contribution >= 4 is 5.97 Å². The number of esters is 1. The number of nitrogens with two attached hydrogens (primary N) is 1. The van der Waals surface area contributed by atoms with Crippen molar-refractivity contribution in [3.05, 3.63) is 11.6 Å². The maximum absolute atomic E-state index is 12.2. The molecule has 1 aliphatic heterocycles. The van der Waals surface area contributed by atoms with E-state index in [0.717, 1.165) is 50.5 Å². The summed E-state index contributed by atoms with van der Waals surface area (Å²) in [6.07, 6.45) is 8.72. The Morgan fingerprint density at radius 3 is 2.61 bits per heavy atom. The molecular weight excluding hydrogens is 354 g/mol. The van der Waals surface area contributed by atoms with E-state index in [4.69, 9.17) is 10.5 Å². The van der Waals surface area contributed by atoms with Crippen molar-refractivity contribution in [3.8, 4) is 0 Å². The number of hydrogen-bond acceptors (Lipinski definition) is 5. The highest BCUT2D eigenvalue weighted by atomic mass is 16.5. The van der Waals surface area contributed by atoms with E-state index >= 15 is 0 Å². The first-order valence-electron chi connectivity index (χ1n) is 11.2. The molecule has 4 N–H and O–H groups in total. The predicted molar refractivity (Wildman–Crippen MR) is 105 cm³/mol. The molecule has 0 spiro atoms. The number of cyclic esters (lactones) is 1. The van der Waals surface area contributed by atoms with Gasteiger partial charge in [-0.25, -0.2) is 4.79 Å². The molecule has 0 unspecified atom stereocenters. The molecule has 4 saturated carbocycles. The zero-order valence-corrected chi connectivity index (χ0v) is 17.2. The summed E-state index contributed by atoms with van der Waals surface area (Å²) in [6.45, 7) is 4.78. The van der Waals surface area contributed by atoms with Crippen LogP contribution in [0.5, 0.6) is 0 Å². The Bertz CT molecular complexity index is 721. The maximum atomic E-state index is 12.2. The minimum absolute atomic E-state index is 0.0187. The normalized spacial score (nSPS) is 55.8. The van der Waals surface area contributed by atoms with E-state index in [-0.39, 0.29) is 23.2 Å². The highest BCUT2D eigenvalue weighted by Crippen LogP contribution is 2.69. The van der Waals surface area contributed by atoms with Gasteiger partial charge in [-0.2, -0.15) is 0 Å². The van der Waals surface area contributed by atoms with Crippen molar-refractivity contribution in [2.75, 3.05) is 6.61 Å². The SMILES string of the molecule is C[C@]12CC[C@H](N)C[C@H]1CC[C@@H]1[C@@H]2C[C@@H](O)[C@]2(C)[C@@H](C3=CC(=O)OC3)CC[C@]12O. The van der Waals surface area contributed by atoms with Crippen LogP contribution in [0.3, 0.4) is 0 Å². The zero-order valence-electron chi connectivity index (χ0n) is 17.2. The summed E-state index contributed by atoms with van der Waals surface area (Å²) in [5.41, 5.74) is 5.93. The summed E-state index contributed by atoms with van der Waals surface area (Å²) in [7, 11) is 0. The van der Waals surface area contributed by atoms with Gasteiger partial charge in [0.15, 0.2) is 0 Å². The molecule has 5 heteroatoms. The van der Waals surface area contributed by atoms with Crippen LogP contribution in [-0.4, -0.2) is 40.5 Å². The van der Waals surface area contributed by atoms with Crippen LogP contribution in [0.4, 0.5) is 0 Å². The largest absolute Gasteiger partial charge is 0.458 e. The van der Waals surface area contributed by atoms with Gasteiger partial charge in [-0.05, 0) is 86.0 Å². The number of fused-ring (bicyclic) bond motifs is 5. The van der Waals surface area contributed by atoms with Crippen LogP contribution in [0.2, 0.25) is 0 Å². The number of rotatable bonds is 1. The van der Waals surface area contributed by atoms with E-state index in [2.05, 4.69) is 13.8 Å². The molecule has 0 aromatic rings. The number of aliphatic hydroxyl groups excluding tert-OH is 1. The van der Waals surface area contributed by atoms with Crippen LogP contribution in [0.15, 0.2) is 11.6 Å². The van der Waals surface area contributed by atoms with Crippen LogP contribution in [0.1, 0.15) is 65.2 Å². The molecule has 5 nitrogen and oxygen atoms in total. The molecule has 0 bridgehead atoms. The van der Waals surface area contributed by atoms with E-state index in [0.29, 0.717) is 30.9 Å². The second-order valence-corrected chi connectivity index (χ2v) is 10.9. The fourth-order valence-electron chi connectivity index (χ4n) is 8.42. The Morgan fingerprint density at radius 1 is 1.11 bits per heavy atom. The van der Waals surface area contributed by atoms with Crippen molar-refractivity contribution < 1.29 is 19.7 Å². The molecule has 0 amide bonds. The molecule has 9 atom stereocenters. The highest BCUT2D eigenvalue weighted by molar-refractivity contribution is 5.85. The Kier molecular flexibility index (Phi) is 4.12. The van der Waals surface area contributed by atoms with E-state index in [1.54, 1.807) is 6.08 Å². The Hall–Kier alpha value is -0.910. The quantitative estimate of drug-likeness (QED) is 0.599. The van der Waals surface area contributed by atoms with Gasteiger partial charge in [-0.15, -0.1) is 0 Å². The summed E-state index contributed by atoms with van der Waals surface area (Å²) >= 11 is 0. The number of carbonyl (C=O) groups is 1. The van der Waals surface area contributed by atoms with Crippen molar-refractivity contribution in [2.45, 2.75) is 83.0 Å². The van der Waals surface area contributed by atoms with E-state index < -0.39 is 17.1 Å². The molecule has 156 valence electrons.